The van der Waals surface area contributed by atoms with Crippen molar-refractivity contribution in [3.05, 3.63) is 66.0 Å². The number of para-hydroxylation sites is 1. The molecule has 0 radical (unpaired) electrons. The molecule has 2 aromatic rings. The summed E-state index contributed by atoms with van der Waals surface area (Å²) in [6.07, 6.45) is 2.32. The number of carbonyl (C=O) groups is 1. The number of carbonyl (C=O) groups excluding carboxylic acids is 1. The van der Waals surface area contributed by atoms with Gasteiger partial charge >= 0.3 is 0 Å². The molecule has 0 aromatic heterocycles. The van der Waals surface area contributed by atoms with Gasteiger partial charge in [0.05, 0.1) is 0 Å². The zero-order valence-corrected chi connectivity index (χ0v) is 13.8. The van der Waals surface area contributed by atoms with Crippen LogP contribution in [-0.2, 0) is 11.3 Å². The van der Waals surface area contributed by atoms with Gasteiger partial charge in [-0.2, -0.15) is 0 Å². The predicted octanol–water partition coefficient (Wildman–Crippen LogP) is 4.03. The zero-order valence-electron chi connectivity index (χ0n) is 13.8. The fourth-order valence-corrected chi connectivity index (χ4v) is 2.86. The minimum atomic E-state index is -0.449. The first kappa shape index (κ1) is 16.5. The van der Waals surface area contributed by atoms with Crippen molar-refractivity contribution in [3.63, 3.8) is 0 Å². The van der Waals surface area contributed by atoms with E-state index in [1.54, 1.807) is 12.1 Å². The Kier molecular flexibility index (Phi) is 5.14. The van der Waals surface area contributed by atoms with Crippen LogP contribution in [0.3, 0.4) is 0 Å². The van der Waals surface area contributed by atoms with Crippen LogP contribution in [0, 0.1) is 11.7 Å². The van der Waals surface area contributed by atoms with E-state index in [1.165, 1.54) is 12.1 Å². The fourth-order valence-electron chi connectivity index (χ4n) is 2.86. The van der Waals surface area contributed by atoms with Crippen LogP contribution in [-0.4, -0.2) is 23.5 Å². The highest BCUT2D eigenvalue weighted by molar-refractivity contribution is 5.78. The van der Waals surface area contributed by atoms with Crippen molar-refractivity contribution in [2.75, 3.05) is 6.61 Å². The van der Waals surface area contributed by atoms with E-state index in [4.69, 9.17) is 4.74 Å². The molecule has 3 nitrogen and oxygen atoms in total. The van der Waals surface area contributed by atoms with E-state index < -0.39 is 5.82 Å². The molecule has 126 valence electrons. The highest BCUT2D eigenvalue weighted by Gasteiger charge is 2.34. The van der Waals surface area contributed by atoms with E-state index in [0.717, 1.165) is 18.4 Å². The summed E-state index contributed by atoms with van der Waals surface area (Å²) in [4.78, 5) is 14.5. The van der Waals surface area contributed by atoms with Gasteiger partial charge in [-0.25, -0.2) is 4.39 Å². The van der Waals surface area contributed by atoms with Gasteiger partial charge in [0.2, 0.25) is 0 Å². The molecule has 1 unspecified atom stereocenters. The first-order valence-electron chi connectivity index (χ1n) is 8.36. The number of hydrogen-bond donors (Lipinski definition) is 0. The molecule has 24 heavy (non-hydrogen) atoms. The Morgan fingerprint density at radius 3 is 2.50 bits per heavy atom. The standard InChI is InChI=1S/C20H22FNO2/c1-15(17-11-12-17)22(13-16-7-3-2-4-8-16)20(23)14-24-19-10-6-5-9-18(19)21/h2-10,15,17H,11-14H2,1H3. The summed E-state index contributed by atoms with van der Waals surface area (Å²) in [7, 11) is 0. The molecule has 0 bridgehead atoms. The smallest absolute Gasteiger partial charge is 0.261 e. The summed E-state index contributed by atoms with van der Waals surface area (Å²) >= 11 is 0. The van der Waals surface area contributed by atoms with Gasteiger partial charge in [-0.15, -0.1) is 0 Å². The SMILES string of the molecule is CC(C1CC1)N(Cc1ccccc1)C(=O)COc1ccccc1F. The molecular weight excluding hydrogens is 305 g/mol. The number of halogens is 1. The Morgan fingerprint density at radius 2 is 1.83 bits per heavy atom. The maximum Gasteiger partial charge on any atom is 0.261 e. The first-order valence-corrected chi connectivity index (χ1v) is 8.36. The molecule has 1 aliphatic carbocycles. The Morgan fingerprint density at radius 1 is 1.17 bits per heavy atom. The minimum absolute atomic E-state index is 0.110. The number of rotatable bonds is 7. The van der Waals surface area contributed by atoms with E-state index in [9.17, 15) is 9.18 Å². The molecule has 0 aliphatic heterocycles. The average molecular weight is 327 g/mol. The van der Waals surface area contributed by atoms with Crippen molar-refractivity contribution in [3.8, 4) is 5.75 Å². The van der Waals surface area contributed by atoms with E-state index in [1.807, 2.05) is 35.2 Å². The van der Waals surface area contributed by atoms with Crippen LogP contribution in [0.5, 0.6) is 5.75 Å². The lowest BCUT2D eigenvalue weighted by Crippen LogP contribution is -2.42. The molecule has 0 heterocycles. The maximum absolute atomic E-state index is 13.6. The van der Waals surface area contributed by atoms with Crippen molar-refractivity contribution >= 4 is 5.91 Å². The summed E-state index contributed by atoms with van der Waals surface area (Å²) in [6, 6.07) is 16.2. The molecule has 4 heteroatoms. The monoisotopic (exact) mass is 327 g/mol. The van der Waals surface area contributed by atoms with E-state index in [0.29, 0.717) is 12.5 Å². The van der Waals surface area contributed by atoms with Crippen LogP contribution in [0.1, 0.15) is 25.3 Å². The van der Waals surface area contributed by atoms with Crippen molar-refractivity contribution in [2.24, 2.45) is 5.92 Å². The lowest BCUT2D eigenvalue weighted by atomic mass is 10.1. The minimum Gasteiger partial charge on any atom is -0.481 e. The molecule has 1 aliphatic rings. The fraction of sp³-hybridized carbons (Fsp3) is 0.350. The van der Waals surface area contributed by atoms with E-state index >= 15 is 0 Å². The quantitative estimate of drug-likeness (QED) is 0.768. The third-order valence-electron chi connectivity index (χ3n) is 4.50. The van der Waals surface area contributed by atoms with Crippen molar-refractivity contribution < 1.29 is 13.9 Å². The van der Waals surface area contributed by atoms with E-state index in [-0.39, 0.29) is 24.3 Å². The number of ether oxygens (including phenoxy) is 1. The second-order valence-electron chi connectivity index (χ2n) is 6.30. The number of amides is 1. The van der Waals surface area contributed by atoms with Crippen molar-refractivity contribution in [1.29, 1.82) is 0 Å². The molecule has 1 amide bonds. The lowest BCUT2D eigenvalue weighted by Gasteiger charge is -2.29. The molecule has 1 atom stereocenters. The molecule has 0 spiro atoms. The topological polar surface area (TPSA) is 29.5 Å². The van der Waals surface area contributed by atoms with Crippen LogP contribution >= 0.6 is 0 Å². The predicted molar refractivity (Wildman–Crippen MR) is 91.1 cm³/mol. The summed E-state index contributed by atoms with van der Waals surface area (Å²) in [5, 5.41) is 0. The molecule has 2 aromatic carbocycles. The number of nitrogens with zero attached hydrogens (tertiary/aromatic N) is 1. The van der Waals surface area contributed by atoms with Crippen LogP contribution in [0.25, 0.3) is 0 Å². The molecule has 1 fully saturated rings. The highest BCUT2D eigenvalue weighted by Crippen LogP contribution is 2.35. The normalized spacial score (nSPS) is 14.9. The van der Waals surface area contributed by atoms with E-state index in [2.05, 4.69) is 6.92 Å². The molecular formula is C20H22FNO2. The van der Waals surface area contributed by atoms with Crippen molar-refractivity contribution in [2.45, 2.75) is 32.4 Å². The Labute approximate surface area is 142 Å². The number of hydrogen-bond acceptors (Lipinski definition) is 2. The van der Waals surface area contributed by atoms with Crippen LogP contribution in [0.2, 0.25) is 0 Å². The highest BCUT2D eigenvalue weighted by atomic mass is 19.1. The third-order valence-corrected chi connectivity index (χ3v) is 4.50. The van der Waals surface area contributed by atoms with Gasteiger partial charge in [0.15, 0.2) is 18.2 Å². The van der Waals surface area contributed by atoms with Gasteiger partial charge in [0.1, 0.15) is 0 Å². The summed E-state index contributed by atoms with van der Waals surface area (Å²) < 4.78 is 19.0. The maximum atomic E-state index is 13.6. The zero-order chi connectivity index (χ0) is 16.9. The Bertz CT molecular complexity index is 685. The Balaban J connectivity index is 1.67. The lowest BCUT2D eigenvalue weighted by molar-refractivity contribution is -0.136. The largest absolute Gasteiger partial charge is 0.481 e. The van der Waals surface area contributed by atoms with Crippen LogP contribution in [0.15, 0.2) is 54.6 Å². The third kappa shape index (κ3) is 4.13. The molecule has 3 rings (SSSR count). The van der Waals surface area contributed by atoms with Gasteiger partial charge in [0.25, 0.3) is 5.91 Å². The van der Waals surface area contributed by atoms with Gasteiger partial charge in [0, 0.05) is 12.6 Å². The molecule has 0 saturated heterocycles. The Hall–Kier alpha value is -2.36. The summed E-state index contributed by atoms with van der Waals surface area (Å²) in [5.41, 5.74) is 1.09. The summed E-state index contributed by atoms with van der Waals surface area (Å²) in [6.45, 7) is 2.49. The second kappa shape index (κ2) is 7.47. The second-order valence-corrected chi connectivity index (χ2v) is 6.30. The van der Waals surface area contributed by atoms with Gasteiger partial charge in [-0.3, -0.25) is 4.79 Å². The summed E-state index contributed by atoms with van der Waals surface area (Å²) in [5.74, 6) is 0.118. The molecule has 0 N–H and O–H groups in total. The number of benzene rings is 2. The first-order chi connectivity index (χ1) is 11.6. The van der Waals surface area contributed by atoms with Crippen LogP contribution < -0.4 is 4.74 Å². The van der Waals surface area contributed by atoms with Gasteiger partial charge < -0.3 is 9.64 Å². The average Bonchev–Trinajstić information content (AvgIpc) is 3.44. The van der Waals surface area contributed by atoms with Gasteiger partial charge in [-0.1, -0.05) is 42.5 Å². The molecule has 1 saturated carbocycles. The van der Waals surface area contributed by atoms with Gasteiger partial charge in [-0.05, 0) is 43.4 Å². The van der Waals surface area contributed by atoms with Crippen LogP contribution in [0.4, 0.5) is 4.39 Å². The van der Waals surface area contributed by atoms with Crippen molar-refractivity contribution in [1.82, 2.24) is 4.90 Å².